The van der Waals surface area contributed by atoms with Crippen LogP contribution in [0, 0.1) is 5.82 Å². The molecular weight excluding hydrogens is 590 g/mol. The van der Waals surface area contributed by atoms with Gasteiger partial charge in [-0.15, -0.1) is 10.2 Å². The van der Waals surface area contributed by atoms with Crippen molar-refractivity contribution in [3.8, 4) is 5.69 Å². The molecule has 1 aromatic heterocycles. The van der Waals surface area contributed by atoms with Crippen LogP contribution in [0.15, 0.2) is 82.4 Å². The molecule has 4 rings (SSSR count). The van der Waals surface area contributed by atoms with E-state index in [4.69, 9.17) is 0 Å². The Morgan fingerprint density at radius 1 is 0.947 bits per heavy atom. The molecule has 0 aliphatic carbocycles. The van der Waals surface area contributed by atoms with Gasteiger partial charge in [0, 0.05) is 10.2 Å². The van der Waals surface area contributed by atoms with E-state index in [0.717, 1.165) is 28.4 Å². The van der Waals surface area contributed by atoms with Crippen LogP contribution in [0.3, 0.4) is 0 Å². The normalized spacial score (nSPS) is 11.3. The topological polar surface area (TPSA) is 88.9 Å². The van der Waals surface area contributed by atoms with Crippen LogP contribution in [0.2, 0.25) is 0 Å². The molecule has 0 saturated heterocycles. The fraction of sp³-hybridized carbons (Fsp3) is 0.120. The number of benzene rings is 3. The van der Waals surface area contributed by atoms with Gasteiger partial charge in [-0.1, -0.05) is 52.0 Å². The van der Waals surface area contributed by atoms with E-state index in [-0.39, 0.29) is 29.0 Å². The molecule has 38 heavy (non-hydrogen) atoms. The first-order valence-electron chi connectivity index (χ1n) is 11.0. The summed E-state index contributed by atoms with van der Waals surface area (Å²) in [5.74, 6) is -1.89. The molecule has 4 aromatic rings. The largest absolute Gasteiger partial charge is 0.417 e. The maximum atomic E-state index is 13.8. The van der Waals surface area contributed by atoms with Crippen molar-refractivity contribution in [1.29, 1.82) is 0 Å². The minimum absolute atomic E-state index is 0.0371. The number of para-hydroxylation sites is 1. The second kappa shape index (κ2) is 11.8. The average Bonchev–Trinajstić information content (AvgIpc) is 3.30. The van der Waals surface area contributed by atoms with Crippen LogP contribution >= 0.6 is 27.7 Å². The van der Waals surface area contributed by atoms with Crippen molar-refractivity contribution < 1.29 is 27.2 Å². The number of hydrogen-bond donors (Lipinski definition) is 2. The van der Waals surface area contributed by atoms with Crippen LogP contribution in [0.25, 0.3) is 5.69 Å². The van der Waals surface area contributed by atoms with Crippen LogP contribution < -0.4 is 10.6 Å². The standard InChI is InChI=1S/C25H18BrF4N5O2S/c26-15-9-11-16(12-10-15)35-21(13-31-23(37)17-5-1-2-6-18(17)25(28,29)30)33-34-24(35)38-14-22(36)32-20-8-4-3-7-19(20)27/h1-12H,13-14H2,(H,31,37)(H,32,36). The molecule has 1 heterocycles. The predicted molar refractivity (Wildman–Crippen MR) is 137 cm³/mol. The van der Waals surface area contributed by atoms with Crippen molar-refractivity contribution in [2.75, 3.05) is 11.1 Å². The van der Waals surface area contributed by atoms with Gasteiger partial charge >= 0.3 is 6.18 Å². The molecule has 13 heteroatoms. The predicted octanol–water partition coefficient (Wildman–Crippen LogP) is 5.85. The summed E-state index contributed by atoms with van der Waals surface area (Å²) in [6.45, 7) is -0.240. The van der Waals surface area contributed by atoms with Crippen LogP contribution in [0.5, 0.6) is 0 Å². The Hall–Kier alpha value is -3.71. The van der Waals surface area contributed by atoms with E-state index in [9.17, 15) is 27.2 Å². The van der Waals surface area contributed by atoms with Crippen molar-refractivity contribution in [2.45, 2.75) is 17.9 Å². The third kappa shape index (κ3) is 6.58. The van der Waals surface area contributed by atoms with E-state index >= 15 is 0 Å². The number of nitrogens with zero attached hydrogens (tertiary/aromatic N) is 3. The molecule has 3 aromatic carbocycles. The summed E-state index contributed by atoms with van der Waals surface area (Å²) in [4.78, 5) is 25.0. The number of carbonyl (C=O) groups is 2. The summed E-state index contributed by atoms with van der Waals surface area (Å²) in [6.07, 6.45) is -4.70. The Morgan fingerprint density at radius 2 is 1.63 bits per heavy atom. The number of amides is 2. The molecule has 0 unspecified atom stereocenters. The number of nitrogens with one attached hydrogen (secondary N) is 2. The first kappa shape index (κ1) is 27.3. The van der Waals surface area contributed by atoms with Gasteiger partial charge in [-0.25, -0.2) is 4.39 Å². The van der Waals surface area contributed by atoms with Gasteiger partial charge in [0.1, 0.15) is 5.82 Å². The number of alkyl halides is 3. The Labute approximate surface area is 226 Å². The highest BCUT2D eigenvalue weighted by atomic mass is 79.9. The quantitative estimate of drug-likeness (QED) is 0.194. The Kier molecular flexibility index (Phi) is 8.47. The van der Waals surface area contributed by atoms with Crippen molar-refractivity contribution in [3.05, 3.63) is 100 Å². The lowest BCUT2D eigenvalue weighted by Crippen LogP contribution is -2.27. The zero-order chi connectivity index (χ0) is 27.3. The van der Waals surface area contributed by atoms with E-state index in [1.807, 2.05) is 0 Å². The van der Waals surface area contributed by atoms with E-state index in [2.05, 4.69) is 36.8 Å². The number of hydrogen-bond acceptors (Lipinski definition) is 5. The van der Waals surface area contributed by atoms with Crippen LogP contribution in [-0.2, 0) is 17.5 Å². The van der Waals surface area contributed by atoms with Crippen molar-refractivity contribution in [1.82, 2.24) is 20.1 Å². The van der Waals surface area contributed by atoms with E-state index < -0.39 is 34.9 Å². The molecule has 0 saturated carbocycles. The average molecular weight is 608 g/mol. The smallest absolute Gasteiger partial charge is 0.345 e. The molecule has 0 bridgehead atoms. The summed E-state index contributed by atoms with van der Waals surface area (Å²) in [6, 6.07) is 17.2. The van der Waals surface area contributed by atoms with Crippen LogP contribution in [0.1, 0.15) is 21.7 Å². The minimum atomic E-state index is -4.70. The number of halogens is 5. The number of rotatable bonds is 8. The highest BCUT2D eigenvalue weighted by Crippen LogP contribution is 2.32. The maximum Gasteiger partial charge on any atom is 0.417 e. The highest BCUT2D eigenvalue weighted by molar-refractivity contribution is 9.10. The molecule has 0 atom stereocenters. The van der Waals surface area contributed by atoms with Crippen molar-refractivity contribution >= 4 is 45.2 Å². The first-order chi connectivity index (χ1) is 18.1. The number of thioether (sulfide) groups is 1. The molecule has 7 nitrogen and oxygen atoms in total. The number of carbonyl (C=O) groups excluding carboxylic acids is 2. The van der Waals surface area contributed by atoms with Crippen LogP contribution in [-0.4, -0.2) is 32.3 Å². The van der Waals surface area contributed by atoms with Gasteiger partial charge in [0.15, 0.2) is 11.0 Å². The molecule has 0 aliphatic rings. The Balaban J connectivity index is 1.54. The van der Waals surface area contributed by atoms with Crippen molar-refractivity contribution in [3.63, 3.8) is 0 Å². The van der Waals surface area contributed by atoms with Gasteiger partial charge in [0.25, 0.3) is 5.91 Å². The van der Waals surface area contributed by atoms with E-state index in [0.29, 0.717) is 5.69 Å². The summed E-state index contributed by atoms with van der Waals surface area (Å²) >= 11 is 4.37. The molecular formula is C25H18BrF4N5O2S. The van der Waals surface area contributed by atoms with Crippen molar-refractivity contribution in [2.24, 2.45) is 0 Å². The molecule has 2 amide bonds. The summed E-state index contributed by atoms with van der Waals surface area (Å²) in [5, 5.41) is 13.4. The third-order valence-corrected chi connectivity index (χ3v) is 6.61. The Bertz CT molecular complexity index is 1460. The minimum Gasteiger partial charge on any atom is -0.345 e. The second-order valence-corrected chi connectivity index (χ2v) is 9.61. The van der Waals surface area contributed by atoms with Gasteiger partial charge < -0.3 is 10.6 Å². The van der Waals surface area contributed by atoms with Gasteiger partial charge in [0.05, 0.1) is 29.1 Å². The molecule has 0 spiro atoms. The first-order valence-corrected chi connectivity index (χ1v) is 12.7. The van der Waals surface area contributed by atoms with Crippen LogP contribution in [0.4, 0.5) is 23.2 Å². The van der Waals surface area contributed by atoms with E-state index in [1.54, 1.807) is 34.9 Å². The van der Waals surface area contributed by atoms with E-state index in [1.165, 1.54) is 30.3 Å². The zero-order valence-electron chi connectivity index (χ0n) is 19.3. The second-order valence-electron chi connectivity index (χ2n) is 7.75. The SMILES string of the molecule is O=C(CSc1nnc(CNC(=O)c2ccccc2C(F)(F)F)n1-c1ccc(Br)cc1)Nc1ccccc1F. The molecule has 0 aliphatic heterocycles. The zero-order valence-corrected chi connectivity index (χ0v) is 21.7. The van der Waals surface area contributed by atoms with Gasteiger partial charge in [0.2, 0.25) is 5.91 Å². The molecule has 0 radical (unpaired) electrons. The third-order valence-electron chi connectivity index (χ3n) is 5.15. The number of anilines is 1. The fourth-order valence-electron chi connectivity index (χ4n) is 3.42. The Morgan fingerprint density at radius 3 is 2.34 bits per heavy atom. The molecule has 2 N–H and O–H groups in total. The molecule has 0 fully saturated rings. The monoisotopic (exact) mass is 607 g/mol. The lowest BCUT2D eigenvalue weighted by atomic mass is 10.1. The van der Waals surface area contributed by atoms with Gasteiger partial charge in [-0.05, 0) is 48.5 Å². The number of aromatic nitrogens is 3. The lowest BCUT2D eigenvalue weighted by Gasteiger charge is -2.14. The summed E-state index contributed by atoms with van der Waals surface area (Å²) < 4.78 is 56.2. The highest BCUT2D eigenvalue weighted by Gasteiger charge is 2.34. The van der Waals surface area contributed by atoms with Gasteiger partial charge in [-0.3, -0.25) is 14.2 Å². The maximum absolute atomic E-state index is 13.8. The lowest BCUT2D eigenvalue weighted by molar-refractivity contribution is -0.138. The molecule has 196 valence electrons. The van der Waals surface area contributed by atoms with Gasteiger partial charge in [-0.2, -0.15) is 13.2 Å². The summed E-state index contributed by atoms with van der Waals surface area (Å²) in [5.41, 5.74) is -0.941. The summed E-state index contributed by atoms with van der Waals surface area (Å²) in [7, 11) is 0. The fourth-order valence-corrected chi connectivity index (χ4v) is 4.45.